The van der Waals surface area contributed by atoms with Crippen molar-refractivity contribution in [2.45, 2.75) is 6.54 Å². The van der Waals surface area contributed by atoms with Crippen molar-refractivity contribution in [3.05, 3.63) is 47.9 Å². The Balaban J connectivity index is 2.18. The molecule has 100 valence electrons. The number of phenols is 1. The highest BCUT2D eigenvalue weighted by Gasteiger charge is 2.17. The first-order chi connectivity index (χ1) is 9.11. The molecule has 1 aromatic heterocycles. The maximum atomic E-state index is 12.2. The number of phenolic OH excluding ortho intramolecular Hbond substituents is 1. The Morgan fingerprint density at radius 2 is 2.21 bits per heavy atom. The van der Waals surface area contributed by atoms with Gasteiger partial charge >= 0.3 is 0 Å². The molecule has 0 saturated heterocycles. The SMILES string of the molecule is COc1ccc(O)c(C(=O)N(C)Cc2ccoc2)c1. The molecule has 1 amide bonds. The van der Waals surface area contributed by atoms with Crippen molar-refractivity contribution in [3.8, 4) is 11.5 Å². The fourth-order valence-corrected chi connectivity index (χ4v) is 1.75. The van der Waals surface area contributed by atoms with Gasteiger partial charge in [-0.2, -0.15) is 0 Å². The third-order valence-corrected chi connectivity index (χ3v) is 2.78. The minimum atomic E-state index is -0.280. The molecular formula is C14H15NO4. The van der Waals surface area contributed by atoms with Gasteiger partial charge in [-0.3, -0.25) is 4.79 Å². The molecule has 1 heterocycles. The Bertz CT molecular complexity index is 563. The van der Waals surface area contributed by atoms with Crippen molar-refractivity contribution >= 4 is 5.91 Å². The first-order valence-corrected chi connectivity index (χ1v) is 5.75. The van der Waals surface area contributed by atoms with Gasteiger partial charge in [0.05, 0.1) is 25.2 Å². The number of hydrogen-bond donors (Lipinski definition) is 1. The minimum Gasteiger partial charge on any atom is -0.507 e. The van der Waals surface area contributed by atoms with Crippen LogP contribution in [0.2, 0.25) is 0 Å². The summed E-state index contributed by atoms with van der Waals surface area (Å²) in [6.45, 7) is 0.409. The summed E-state index contributed by atoms with van der Waals surface area (Å²) in [5, 5.41) is 9.75. The van der Waals surface area contributed by atoms with Crippen LogP contribution in [0.25, 0.3) is 0 Å². The van der Waals surface area contributed by atoms with Crippen molar-refractivity contribution in [2.75, 3.05) is 14.2 Å². The van der Waals surface area contributed by atoms with Crippen LogP contribution in [0.1, 0.15) is 15.9 Å². The molecule has 5 heteroatoms. The molecule has 0 aliphatic carbocycles. The first kappa shape index (κ1) is 13.0. The summed E-state index contributed by atoms with van der Waals surface area (Å²) in [5.74, 6) is 0.181. The number of hydrogen-bond acceptors (Lipinski definition) is 4. The highest BCUT2D eigenvalue weighted by molar-refractivity contribution is 5.97. The molecule has 2 rings (SSSR count). The fraction of sp³-hybridized carbons (Fsp3) is 0.214. The van der Waals surface area contributed by atoms with E-state index in [1.165, 1.54) is 24.1 Å². The van der Waals surface area contributed by atoms with E-state index in [-0.39, 0.29) is 17.2 Å². The number of methoxy groups -OCH3 is 1. The van der Waals surface area contributed by atoms with Crippen LogP contribution < -0.4 is 4.74 Å². The second kappa shape index (κ2) is 5.48. The molecule has 2 aromatic rings. The number of carbonyl (C=O) groups is 1. The van der Waals surface area contributed by atoms with E-state index in [4.69, 9.17) is 9.15 Å². The van der Waals surface area contributed by atoms with Crippen molar-refractivity contribution in [3.63, 3.8) is 0 Å². The maximum Gasteiger partial charge on any atom is 0.257 e. The van der Waals surface area contributed by atoms with Crippen molar-refractivity contribution in [1.82, 2.24) is 4.90 Å². The van der Waals surface area contributed by atoms with Crippen LogP contribution in [0.5, 0.6) is 11.5 Å². The van der Waals surface area contributed by atoms with E-state index in [1.807, 2.05) is 0 Å². The van der Waals surface area contributed by atoms with Gasteiger partial charge in [-0.15, -0.1) is 0 Å². The first-order valence-electron chi connectivity index (χ1n) is 5.75. The summed E-state index contributed by atoms with van der Waals surface area (Å²) >= 11 is 0. The molecule has 0 aliphatic heterocycles. The van der Waals surface area contributed by atoms with E-state index in [1.54, 1.807) is 31.7 Å². The predicted octanol–water partition coefficient (Wildman–Crippen LogP) is 2.27. The van der Waals surface area contributed by atoms with Crippen LogP contribution >= 0.6 is 0 Å². The summed E-state index contributed by atoms with van der Waals surface area (Å²) in [4.78, 5) is 13.7. The van der Waals surface area contributed by atoms with E-state index >= 15 is 0 Å². The van der Waals surface area contributed by atoms with Gasteiger partial charge in [0.15, 0.2) is 0 Å². The monoisotopic (exact) mass is 261 g/mol. The Labute approximate surface area is 111 Å². The van der Waals surface area contributed by atoms with Gasteiger partial charge in [0.1, 0.15) is 11.5 Å². The maximum absolute atomic E-state index is 12.2. The molecule has 0 fully saturated rings. The van der Waals surface area contributed by atoms with Gasteiger partial charge < -0.3 is 19.2 Å². The minimum absolute atomic E-state index is 0.0650. The summed E-state index contributed by atoms with van der Waals surface area (Å²) in [6.07, 6.45) is 3.13. The Kier molecular flexibility index (Phi) is 3.75. The molecule has 0 atom stereocenters. The predicted molar refractivity (Wildman–Crippen MR) is 69.2 cm³/mol. The Hall–Kier alpha value is -2.43. The summed E-state index contributed by atoms with van der Waals surface area (Å²) < 4.78 is 10.0. The third-order valence-electron chi connectivity index (χ3n) is 2.78. The molecule has 0 bridgehead atoms. The number of furan rings is 1. The number of carbonyl (C=O) groups excluding carboxylic acids is 1. The standard InChI is InChI=1S/C14H15NO4/c1-15(8-10-5-6-19-9-10)14(17)12-7-11(18-2)3-4-13(12)16/h3-7,9,16H,8H2,1-2H3. The summed E-state index contributed by atoms with van der Waals surface area (Å²) in [7, 11) is 3.17. The van der Waals surface area contributed by atoms with Crippen LogP contribution in [-0.2, 0) is 6.54 Å². The molecule has 5 nitrogen and oxygen atoms in total. The lowest BCUT2D eigenvalue weighted by atomic mass is 10.1. The summed E-state index contributed by atoms with van der Waals surface area (Å²) in [6, 6.07) is 6.35. The molecule has 0 spiro atoms. The number of amides is 1. The molecule has 1 N–H and O–H groups in total. The van der Waals surface area contributed by atoms with Crippen molar-refractivity contribution in [2.24, 2.45) is 0 Å². The molecule has 0 saturated carbocycles. The largest absolute Gasteiger partial charge is 0.507 e. The van der Waals surface area contributed by atoms with Crippen LogP contribution in [0.15, 0.2) is 41.2 Å². The van der Waals surface area contributed by atoms with Gasteiger partial charge in [0, 0.05) is 19.2 Å². The average molecular weight is 261 g/mol. The lowest BCUT2D eigenvalue weighted by molar-refractivity contribution is 0.0781. The van der Waals surface area contributed by atoms with Crippen molar-refractivity contribution in [1.29, 1.82) is 0 Å². The fourth-order valence-electron chi connectivity index (χ4n) is 1.75. The zero-order valence-corrected chi connectivity index (χ0v) is 10.8. The molecular weight excluding hydrogens is 246 g/mol. The lowest BCUT2D eigenvalue weighted by Crippen LogP contribution is -2.26. The second-order valence-corrected chi connectivity index (χ2v) is 4.18. The van der Waals surface area contributed by atoms with Gasteiger partial charge in [-0.25, -0.2) is 0 Å². The molecule has 0 radical (unpaired) electrons. The van der Waals surface area contributed by atoms with E-state index in [9.17, 15) is 9.90 Å². The van der Waals surface area contributed by atoms with Gasteiger partial charge in [-0.1, -0.05) is 0 Å². The Morgan fingerprint density at radius 1 is 1.42 bits per heavy atom. The van der Waals surface area contributed by atoms with E-state index in [2.05, 4.69) is 0 Å². The zero-order valence-electron chi connectivity index (χ0n) is 10.8. The smallest absolute Gasteiger partial charge is 0.257 e. The number of benzene rings is 1. The normalized spacial score (nSPS) is 10.2. The average Bonchev–Trinajstić information content (AvgIpc) is 2.91. The number of aromatic hydroxyl groups is 1. The summed E-state index contributed by atoms with van der Waals surface area (Å²) in [5.41, 5.74) is 1.10. The lowest BCUT2D eigenvalue weighted by Gasteiger charge is -2.17. The molecule has 1 aromatic carbocycles. The van der Waals surface area contributed by atoms with Gasteiger partial charge in [-0.05, 0) is 24.3 Å². The van der Waals surface area contributed by atoms with E-state index in [0.717, 1.165) is 5.56 Å². The van der Waals surface area contributed by atoms with Crippen LogP contribution in [0.3, 0.4) is 0 Å². The van der Waals surface area contributed by atoms with E-state index in [0.29, 0.717) is 12.3 Å². The quantitative estimate of drug-likeness (QED) is 0.917. The van der Waals surface area contributed by atoms with Crippen LogP contribution in [0, 0.1) is 0 Å². The number of rotatable bonds is 4. The molecule has 0 aliphatic rings. The van der Waals surface area contributed by atoms with Crippen LogP contribution in [0.4, 0.5) is 0 Å². The van der Waals surface area contributed by atoms with Crippen molar-refractivity contribution < 1.29 is 19.1 Å². The zero-order chi connectivity index (χ0) is 13.8. The van der Waals surface area contributed by atoms with Crippen LogP contribution in [-0.4, -0.2) is 30.1 Å². The third kappa shape index (κ3) is 2.88. The highest BCUT2D eigenvalue weighted by atomic mass is 16.5. The van der Waals surface area contributed by atoms with E-state index < -0.39 is 0 Å². The second-order valence-electron chi connectivity index (χ2n) is 4.18. The highest BCUT2D eigenvalue weighted by Crippen LogP contribution is 2.24. The molecule has 19 heavy (non-hydrogen) atoms. The number of ether oxygens (including phenoxy) is 1. The van der Waals surface area contributed by atoms with Gasteiger partial charge in [0.25, 0.3) is 5.91 Å². The Morgan fingerprint density at radius 3 is 2.84 bits per heavy atom. The number of nitrogens with zero attached hydrogens (tertiary/aromatic N) is 1. The molecule has 0 unspecified atom stereocenters. The topological polar surface area (TPSA) is 62.9 Å². The van der Waals surface area contributed by atoms with Gasteiger partial charge in [0.2, 0.25) is 0 Å².